The van der Waals surface area contributed by atoms with Gasteiger partial charge in [-0.05, 0) is 18.8 Å². The van der Waals surface area contributed by atoms with E-state index in [1.165, 1.54) is 0 Å². The van der Waals surface area contributed by atoms with Gasteiger partial charge in [-0.25, -0.2) is 4.79 Å². The number of nitrogens with one attached hydrogen (secondary N) is 2. The number of aliphatic carboxylic acids is 1. The summed E-state index contributed by atoms with van der Waals surface area (Å²) in [6.45, 7) is 0.992. The van der Waals surface area contributed by atoms with Crippen LogP contribution in [-0.4, -0.2) is 41.7 Å². The first kappa shape index (κ1) is 16.7. The van der Waals surface area contributed by atoms with Gasteiger partial charge in [0.15, 0.2) is 0 Å². The Morgan fingerprint density at radius 1 is 1.30 bits per heavy atom. The van der Waals surface area contributed by atoms with Gasteiger partial charge in [-0.3, -0.25) is 4.79 Å². The molecule has 0 aromatic rings. The molecular formula is C14H22N2O3S. The lowest BCUT2D eigenvalue weighted by Crippen LogP contribution is -2.42. The van der Waals surface area contributed by atoms with Gasteiger partial charge in [0.1, 0.15) is 0 Å². The van der Waals surface area contributed by atoms with Crippen molar-refractivity contribution in [2.24, 2.45) is 11.8 Å². The third-order valence-corrected chi connectivity index (χ3v) is 4.33. The highest BCUT2D eigenvalue weighted by Crippen LogP contribution is 2.29. The molecule has 0 heterocycles. The van der Waals surface area contributed by atoms with Crippen molar-refractivity contribution in [3.8, 4) is 12.3 Å². The van der Waals surface area contributed by atoms with Crippen molar-refractivity contribution in [3.05, 3.63) is 0 Å². The van der Waals surface area contributed by atoms with E-state index < -0.39 is 5.97 Å². The molecule has 5 nitrogen and oxygen atoms in total. The molecule has 0 aromatic heterocycles. The normalized spacial score (nSPS) is 21.8. The number of terminal acetylenes is 1. The number of thioether (sulfide) groups is 1. The van der Waals surface area contributed by atoms with Gasteiger partial charge >= 0.3 is 12.0 Å². The molecule has 20 heavy (non-hydrogen) atoms. The number of carbonyl (C=O) groups excluding carboxylic acids is 1. The van der Waals surface area contributed by atoms with Gasteiger partial charge in [-0.15, -0.1) is 18.2 Å². The second-order valence-electron chi connectivity index (χ2n) is 4.88. The van der Waals surface area contributed by atoms with Gasteiger partial charge in [0.2, 0.25) is 0 Å². The molecule has 0 aliphatic heterocycles. The van der Waals surface area contributed by atoms with Crippen LogP contribution in [0.2, 0.25) is 0 Å². The van der Waals surface area contributed by atoms with Crippen molar-refractivity contribution in [3.63, 3.8) is 0 Å². The summed E-state index contributed by atoms with van der Waals surface area (Å²) in [4.78, 5) is 22.7. The zero-order valence-corrected chi connectivity index (χ0v) is 12.4. The summed E-state index contributed by atoms with van der Waals surface area (Å²) in [5.41, 5.74) is 0. The van der Waals surface area contributed by atoms with Crippen molar-refractivity contribution >= 4 is 23.8 Å². The molecule has 0 radical (unpaired) electrons. The minimum Gasteiger partial charge on any atom is -0.481 e. The Bertz CT molecular complexity index is 368. The summed E-state index contributed by atoms with van der Waals surface area (Å²) in [6, 6.07) is -0.235. The number of hydrogen-bond donors (Lipinski definition) is 3. The molecule has 1 saturated carbocycles. The largest absolute Gasteiger partial charge is 0.481 e. The molecule has 1 aliphatic rings. The van der Waals surface area contributed by atoms with Gasteiger partial charge in [-0.2, -0.15) is 0 Å². The Labute approximate surface area is 124 Å². The van der Waals surface area contributed by atoms with Crippen molar-refractivity contribution < 1.29 is 14.7 Å². The lowest BCUT2D eigenvalue weighted by molar-refractivity contribution is -0.144. The van der Waals surface area contributed by atoms with E-state index in [1.54, 1.807) is 11.8 Å². The Kier molecular flexibility index (Phi) is 7.97. The zero-order chi connectivity index (χ0) is 14.8. The summed E-state index contributed by atoms with van der Waals surface area (Å²) < 4.78 is 0. The van der Waals surface area contributed by atoms with Gasteiger partial charge in [0.05, 0.1) is 11.7 Å². The van der Waals surface area contributed by atoms with E-state index >= 15 is 0 Å². The topological polar surface area (TPSA) is 78.4 Å². The molecule has 6 heteroatoms. The molecule has 0 bridgehead atoms. The van der Waals surface area contributed by atoms with E-state index in [4.69, 9.17) is 11.5 Å². The molecule has 1 fully saturated rings. The van der Waals surface area contributed by atoms with Crippen molar-refractivity contribution in [2.75, 3.05) is 24.6 Å². The van der Waals surface area contributed by atoms with Gasteiger partial charge in [0.25, 0.3) is 0 Å². The molecule has 0 spiro atoms. The Morgan fingerprint density at radius 2 is 2.05 bits per heavy atom. The predicted molar refractivity (Wildman–Crippen MR) is 80.6 cm³/mol. The van der Waals surface area contributed by atoms with Gasteiger partial charge in [-0.1, -0.05) is 18.8 Å². The number of rotatable bonds is 7. The van der Waals surface area contributed by atoms with Crippen LogP contribution >= 0.6 is 11.8 Å². The first-order valence-corrected chi connectivity index (χ1v) is 8.06. The van der Waals surface area contributed by atoms with E-state index in [1.807, 2.05) is 0 Å². The van der Waals surface area contributed by atoms with Crippen LogP contribution in [-0.2, 0) is 4.79 Å². The van der Waals surface area contributed by atoms with Crippen LogP contribution < -0.4 is 10.6 Å². The lowest BCUT2D eigenvalue weighted by atomic mass is 9.79. The molecule has 2 amide bonds. The molecule has 2 atom stereocenters. The molecule has 1 aliphatic carbocycles. The SMILES string of the molecule is C#CCSCCNC(=O)NCC1CCCCC1C(=O)O. The minimum atomic E-state index is -0.748. The number of amides is 2. The minimum absolute atomic E-state index is 0.0443. The number of carboxylic acid groups (broad SMARTS) is 1. The molecule has 112 valence electrons. The van der Waals surface area contributed by atoms with Crippen molar-refractivity contribution in [1.82, 2.24) is 10.6 Å². The Morgan fingerprint density at radius 3 is 2.75 bits per heavy atom. The fourth-order valence-electron chi connectivity index (χ4n) is 2.43. The zero-order valence-electron chi connectivity index (χ0n) is 11.6. The summed E-state index contributed by atoms with van der Waals surface area (Å²) in [6.07, 6.45) is 8.71. The molecular weight excluding hydrogens is 276 g/mol. The smallest absolute Gasteiger partial charge is 0.314 e. The Hall–Kier alpha value is -1.35. The number of hydrogen-bond acceptors (Lipinski definition) is 3. The first-order valence-electron chi connectivity index (χ1n) is 6.91. The first-order chi connectivity index (χ1) is 9.65. The van der Waals surface area contributed by atoms with E-state index in [-0.39, 0.29) is 17.9 Å². The maximum absolute atomic E-state index is 11.6. The Balaban J connectivity index is 2.19. The summed E-state index contributed by atoms with van der Waals surface area (Å²) >= 11 is 1.59. The van der Waals surface area contributed by atoms with Crippen LogP contribution in [0.3, 0.4) is 0 Å². The van der Waals surface area contributed by atoms with Crippen LogP contribution in [0.15, 0.2) is 0 Å². The average molecular weight is 298 g/mol. The highest BCUT2D eigenvalue weighted by molar-refractivity contribution is 7.99. The van der Waals surface area contributed by atoms with E-state index in [9.17, 15) is 9.59 Å². The van der Waals surface area contributed by atoms with Crippen LogP contribution in [0.5, 0.6) is 0 Å². The van der Waals surface area contributed by atoms with E-state index in [2.05, 4.69) is 16.6 Å². The van der Waals surface area contributed by atoms with E-state index in [0.29, 0.717) is 25.3 Å². The molecule has 1 rings (SSSR count). The second-order valence-corrected chi connectivity index (χ2v) is 5.99. The van der Waals surface area contributed by atoms with Crippen molar-refractivity contribution in [1.29, 1.82) is 0 Å². The molecule has 0 aromatic carbocycles. The maximum Gasteiger partial charge on any atom is 0.314 e. The van der Waals surface area contributed by atoms with Crippen LogP contribution in [0.4, 0.5) is 4.79 Å². The fourth-order valence-corrected chi connectivity index (χ4v) is 2.94. The standard InChI is InChI=1S/C14H22N2O3S/c1-2-8-20-9-7-15-14(19)16-10-11-5-3-4-6-12(11)13(17)18/h1,11-12H,3-10H2,(H,17,18)(H2,15,16,19). The molecule has 0 saturated heterocycles. The highest BCUT2D eigenvalue weighted by Gasteiger charge is 2.30. The summed E-state index contributed by atoms with van der Waals surface area (Å²) in [7, 11) is 0. The molecule has 3 N–H and O–H groups in total. The number of carboxylic acids is 1. The summed E-state index contributed by atoms with van der Waals surface area (Å²) in [5, 5.41) is 14.7. The summed E-state index contributed by atoms with van der Waals surface area (Å²) in [5.74, 6) is 2.91. The third kappa shape index (κ3) is 6.20. The van der Waals surface area contributed by atoms with Crippen LogP contribution in [0.1, 0.15) is 25.7 Å². The quantitative estimate of drug-likeness (QED) is 0.492. The van der Waals surface area contributed by atoms with E-state index in [0.717, 1.165) is 25.0 Å². The van der Waals surface area contributed by atoms with Crippen molar-refractivity contribution in [2.45, 2.75) is 25.7 Å². The monoisotopic (exact) mass is 298 g/mol. The maximum atomic E-state index is 11.6. The van der Waals surface area contributed by atoms with Crippen LogP contribution in [0, 0.1) is 24.2 Å². The fraction of sp³-hybridized carbons (Fsp3) is 0.714. The highest BCUT2D eigenvalue weighted by atomic mass is 32.2. The van der Waals surface area contributed by atoms with Gasteiger partial charge in [0, 0.05) is 18.8 Å². The third-order valence-electron chi connectivity index (χ3n) is 3.47. The lowest BCUT2D eigenvalue weighted by Gasteiger charge is -2.28. The van der Waals surface area contributed by atoms with Gasteiger partial charge < -0.3 is 15.7 Å². The second kappa shape index (κ2) is 9.54. The van der Waals surface area contributed by atoms with Crippen LogP contribution in [0.25, 0.3) is 0 Å². The number of carbonyl (C=O) groups is 2. The molecule has 2 unspecified atom stereocenters. The average Bonchev–Trinajstić information content (AvgIpc) is 2.45. The number of urea groups is 1. The predicted octanol–water partition coefficient (Wildman–Crippen LogP) is 1.54.